The Morgan fingerprint density at radius 1 is 0.886 bits per heavy atom. The Bertz CT molecular complexity index is 1250. The van der Waals surface area contributed by atoms with E-state index in [9.17, 15) is 9.90 Å². The summed E-state index contributed by atoms with van der Waals surface area (Å²) in [5.41, 5.74) is 0.759. The second-order valence-electron chi connectivity index (χ2n) is 15.6. The molecule has 0 saturated carbocycles. The van der Waals surface area contributed by atoms with Gasteiger partial charge in [-0.1, -0.05) is 119 Å². The molecule has 6 atom stereocenters. The monoisotopic (exact) mass is 616 g/mol. The van der Waals surface area contributed by atoms with Crippen LogP contribution in [0, 0.1) is 29.1 Å². The number of fused-ring (bicyclic) bond motifs is 1. The van der Waals surface area contributed by atoms with E-state index in [4.69, 9.17) is 9.16 Å². The fourth-order valence-corrected chi connectivity index (χ4v) is 12.2. The zero-order chi connectivity index (χ0) is 32.3. The molecule has 0 bridgehead atoms. The normalized spacial score (nSPS) is 26.9. The van der Waals surface area contributed by atoms with Crippen molar-refractivity contribution >= 4 is 24.7 Å². The lowest BCUT2D eigenvalue weighted by atomic mass is 9.64. The lowest BCUT2D eigenvalue weighted by Crippen LogP contribution is -2.67. The number of rotatable bonds is 6. The van der Waals surface area contributed by atoms with Crippen molar-refractivity contribution < 1.29 is 19.1 Å². The predicted molar refractivity (Wildman–Crippen MR) is 185 cm³/mol. The summed E-state index contributed by atoms with van der Waals surface area (Å²) in [5, 5.41) is 13.9. The smallest absolute Gasteiger partial charge is 0.311 e. The highest BCUT2D eigenvalue weighted by atomic mass is 28.4. The zero-order valence-electron chi connectivity index (χ0n) is 28.5. The van der Waals surface area contributed by atoms with Gasteiger partial charge in [-0.15, -0.1) is 0 Å². The van der Waals surface area contributed by atoms with Crippen LogP contribution in [0.2, 0.25) is 5.04 Å². The fraction of sp³-hybridized carbons (Fsp3) is 0.564. The summed E-state index contributed by atoms with van der Waals surface area (Å²) in [6.07, 6.45) is 8.07. The summed E-state index contributed by atoms with van der Waals surface area (Å²) in [7, 11) is -2.78. The third-order valence-electron chi connectivity index (χ3n) is 9.99. The van der Waals surface area contributed by atoms with Gasteiger partial charge in [0.25, 0.3) is 8.32 Å². The minimum atomic E-state index is -2.78. The van der Waals surface area contributed by atoms with E-state index in [-0.39, 0.29) is 28.9 Å². The summed E-state index contributed by atoms with van der Waals surface area (Å²) in [5.74, 6) is 1.18. The molecule has 0 fully saturated rings. The highest BCUT2D eigenvalue weighted by Crippen LogP contribution is 2.46. The van der Waals surface area contributed by atoms with Gasteiger partial charge in [0.2, 0.25) is 0 Å². The minimum Gasteiger partial charge on any atom is -0.459 e. The average Bonchev–Trinajstić information content (AvgIpc) is 2.96. The van der Waals surface area contributed by atoms with Crippen molar-refractivity contribution in [1.82, 2.24) is 0 Å². The van der Waals surface area contributed by atoms with Crippen LogP contribution >= 0.6 is 0 Å². The van der Waals surface area contributed by atoms with Gasteiger partial charge in [-0.3, -0.25) is 4.79 Å². The van der Waals surface area contributed by atoms with Crippen LogP contribution in [0.1, 0.15) is 88.0 Å². The highest BCUT2D eigenvalue weighted by Gasteiger charge is 2.52. The van der Waals surface area contributed by atoms with E-state index in [1.807, 2.05) is 26.8 Å². The zero-order valence-corrected chi connectivity index (χ0v) is 29.5. The van der Waals surface area contributed by atoms with Crippen molar-refractivity contribution in [2.45, 2.75) is 111 Å². The van der Waals surface area contributed by atoms with Gasteiger partial charge in [-0.25, -0.2) is 0 Å². The van der Waals surface area contributed by atoms with Crippen LogP contribution in [0.3, 0.4) is 0 Å². The van der Waals surface area contributed by atoms with Crippen LogP contribution < -0.4 is 10.4 Å². The largest absolute Gasteiger partial charge is 0.459 e. The molecule has 0 amide bonds. The molecule has 0 heterocycles. The number of hydrogen-bond acceptors (Lipinski definition) is 4. The number of carbonyl (C=O) groups is 1. The molecule has 5 heteroatoms. The first-order valence-electron chi connectivity index (χ1n) is 16.7. The van der Waals surface area contributed by atoms with E-state index in [1.54, 1.807) is 0 Å². The quantitative estimate of drug-likeness (QED) is 0.204. The minimum absolute atomic E-state index is 0.0415. The number of ether oxygens (including phenoxy) is 1. The second-order valence-corrected chi connectivity index (χ2v) is 19.8. The first kappa shape index (κ1) is 34.4. The van der Waals surface area contributed by atoms with Crippen LogP contribution in [0.5, 0.6) is 0 Å². The molecule has 4 rings (SSSR count). The summed E-state index contributed by atoms with van der Waals surface area (Å²) in [6.45, 7) is 19.5. The van der Waals surface area contributed by atoms with Gasteiger partial charge in [-0.2, -0.15) is 0 Å². The van der Waals surface area contributed by atoms with E-state index in [2.05, 4.69) is 114 Å². The average molecular weight is 617 g/mol. The molecule has 0 unspecified atom stereocenters. The standard InChI is InChI=1S/C39H56O4Si/c1-27(2)32-24-23-28(3)33-25-29(17-16-22-35(40)36(26-34(32)33)42-37(41)38(4,5)6)43-44(39(7,8)9,30-18-12-10-13-19-30)31-20-14-11-15-21-31/h10-16,18-23,27,29,32-36,40H,17,24-26H2,1-9H3/t29-,32-,33+,34-,35-,36-/m1/s1. The Hall–Kier alpha value is -2.47. The summed E-state index contributed by atoms with van der Waals surface area (Å²) < 4.78 is 13.8. The van der Waals surface area contributed by atoms with Crippen molar-refractivity contribution in [3.8, 4) is 0 Å². The molecule has 0 aromatic heterocycles. The summed E-state index contributed by atoms with van der Waals surface area (Å²) >= 11 is 0. The Labute approximate surface area is 268 Å². The number of aliphatic hydroxyl groups is 1. The van der Waals surface area contributed by atoms with Crippen molar-refractivity contribution in [2.75, 3.05) is 0 Å². The van der Waals surface area contributed by atoms with Gasteiger partial charge >= 0.3 is 5.97 Å². The molecular weight excluding hydrogens is 561 g/mol. The van der Waals surface area contributed by atoms with Gasteiger partial charge in [0.15, 0.2) is 0 Å². The lowest BCUT2D eigenvalue weighted by molar-refractivity contribution is -0.165. The maximum absolute atomic E-state index is 13.1. The van der Waals surface area contributed by atoms with Crippen LogP contribution in [0.4, 0.5) is 0 Å². The van der Waals surface area contributed by atoms with Crippen molar-refractivity contribution in [3.63, 3.8) is 0 Å². The van der Waals surface area contributed by atoms with E-state index in [0.717, 1.165) is 12.8 Å². The SMILES string of the molecule is CC1=CC[C@H](C(C)C)[C@H]2C[C@@H](OC(=O)C(C)(C)C)[C@H](O)C=CC[C@@H](O[Si](c3ccccc3)(c3ccccc3)C(C)(C)C)C[C@@H]12. The van der Waals surface area contributed by atoms with Crippen molar-refractivity contribution in [3.05, 3.63) is 84.5 Å². The third-order valence-corrected chi connectivity index (χ3v) is 15.1. The molecule has 4 nitrogen and oxygen atoms in total. The molecule has 2 aromatic rings. The van der Waals surface area contributed by atoms with E-state index >= 15 is 0 Å². The molecule has 0 aliphatic heterocycles. The molecule has 0 saturated heterocycles. The fourth-order valence-electron chi connectivity index (χ4n) is 7.50. The maximum Gasteiger partial charge on any atom is 0.311 e. The molecule has 44 heavy (non-hydrogen) atoms. The number of hydrogen-bond donors (Lipinski definition) is 1. The van der Waals surface area contributed by atoms with Gasteiger partial charge in [0.1, 0.15) is 12.2 Å². The second kappa shape index (κ2) is 13.9. The Kier molecular flexibility index (Phi) is 10.9. The third kappa shape index (κ3) is 7.49. The maximum atomic E-state index is 13.1. The van der Waals surface area contributed by atoms with E-state index in [1.165, 1.54) is 15.9 Å². The number of carbonyl (C=O) groups excluding carboxylic acids is 1. The number of benzene rings is 2. The highest BCUT2D eigenvalue weighted by molar-refractivity contribution is 6.99. The molecule has 2 aromatic carbocycles. The molecule has 2 aliphatic rings. The summed E-state index contributed by atoms with van der Waals surface area (Å²) in [6, 6.07) is 21.7. The van der Waals surface area contributed by atoms with Crippen molar-refractivity contribution in [2.24, 2.45) is 29.1 Å². The first-order chi connectivity index (χ1) is 20.6. The van der Waals surface area contributed by atoms with Crippen LogP contribution in [-0.2, 0) is 14.0 Å². The molecule has 0 spiro atoms. The van der Waals surface area contributed by atoms with Gasteiger partial charge in [-0.05, 0) is 92.5 Å². The van der Waals surface area contributed by atoms with Crippen molar-refractivity contribution in [1.29, 1.82) is 0 Å². The van der Waals surface area contributed by atoms with Crippen LogP contribution in [0.25, 0.3) is 0 Å². The summed E-state index contributed by atoms with van der Waals surface area (Å²) in [4.78, 5) is 13.1. The Morgan fingerprint density at radius 2 is 1.45 bits per heavy atom. The number of aliphatic hydroxyl groups excluding tert-OH is 1. The lowest BCUT2D eigenvalue weighted by Gasteiger charge is -2.47. The Balaban J connectivity index is 1.82. The van der Waals surface area contributed by atoms with E-state index in [0.29, 0.717) is 24.7 Å². The van der Waals surface area contributed by atoms with Crippen LogP contribution in [-0.4, -0.2) is 37.7 Å². The van der Waals surface area contributed by atoms with Crippen LogP contribution in [0.15, 0.2) is 84.5 Å². The van der Waals surface area contributed by atoms with Gasteiger partial charge in [0, 0.05) is 6.10 Å². The van der Waals surface area contributed by atoms with Gasteiger partial charge in [0.05, 0.1) is 5.41 Å². The molecule has 2 aliphatic carbocycles. The number of allylic oxidation sites excluding steroid dienone is 2. The van der Waals surface area contributed by atoms with E-state index < -0.39 is 25.9 Å². The molecule has 0 radical (unpaired) electrons. The Morgan fingerprint density at radius 3 is 1.95 bits per heavy atom. The molecule has 240 valence electrons. The predicted octanol–water partition coefficient (Wildman–Crippen LogP) is 7.85. The first-order valence-corrected chi connectivity index (χ1v) is 18.6. The molecule has 1 N–H and O–H groups in total. The molecular formula is C39H56O4Si. The van der Waals surface area contributed by atoms with Gasteiger partial charge < -0.3 is 14.3 Å². The topological polar surface area (TPSA) is 55.8 Å². The number of esters is 1.